The standard InChI is InChI=1S/C14H10Cl2N2O2/c1-18-12(15)10(7-17)11(13(18)16)8-3-5-9(6-4-8)14(19)20-2/h3-6H,1-2H3. The number of ether oxygens (including phenoxy) is 1. The van der Waals surface area contributed by atoms with Crippen LogP contribution in [0.25, 0.3) is 11.1 Å². The second-order valence-electron chi connectivity index (χ2n) is 4.07. The number of aromatic nitrogens is 1. The minimum atomic E-state index is -0.422. The van der Waals surface area contributed by atoms with Crippen LogP contribution in [0, 0.1) is 11.3 Å². The number of nitrogens with zero attached hydrogens (tertiary/aromatic N) is 2. The van der Waals surface area contributed by atoms with E-state index in [-0.39, 0.29) is 5.15 Å². The molecule has 0 saturated heterocycles. The lowest BCUT2D eigenvalue weighted by Crippen LogP contribution is -2.00. The zero-order chi connectivity index (χ0) is 14.9. The van der Waals surface area contributed by atoms with Gasteiger partial charge in [0.1, 0.15) is 16.4 Å². The second-order valence-corrected chi connectivity index (χ2v) is 4.79. The van der Waals surface area contributed by atoms with Gasteiger partial charge in [-0.2, -0.15) is 5.26 Å². The summed E-state index contributed by atoms with van der Waals surface area (Å²) in [6.45, 7) is 0. The summed E-state index contributed by atoms with van der Waals surface area (Å²) in [5.74, 6) is -0.422. The first kappa shape index (κ1) is 14.4. The Morgan fingerprint density at radius 3 is 2.35 bits per heavy atom. The first-order valence-electron chi connectivity index (χ1n) is 5.63. The van der Waals surface area contributed by atoms with Crippen molar-refractivity contribution in [1.82, 2.24) is 4.57 Å². The Labute approximate surface area is 126 Å². The van der Waals surface area contributed by atoms with E-state index in [9.17, 15) is 10.1 Å². The summed E-state index contributed by atoms with van der Waals surface area (Å²) in [4.78, 5) is 11.4. The molecule has 102 valence electrons. The number of carbonyl (C=O) groups excluding carboxylic acids is 1. The Bertz CT molecular complexity index is 712. The fourth-order valence-corrected chi connectivity index (χ4v) is 2.44. The van der Waals surface area contributed by atoms with E-state index >= 15 is 0 Å². The molecule has 0 spiro atoms. The van der Waals surface area contributed by atoms with Crippen molar-refractivity contribution < 1.29 is 9.53 Å². The predicted molar refractivity (Wildman–Crippen MR) is 76.9 cm³/mol. The Kier molecular flexibility index (Phi) is 4.03. The quantitative estimate of drug-likeness (QED) is 0.796. The third-order valence-corrected chi connectivity index (χ3v) is 3.84. The van der Waals surface area contributed by atoms with Crippen molar-refractivity contribution in [2.24, 2.45) is 7.05 Å². The molecule has 0 radical (unpaired) electrons. The Morgan fingerprint density at radius 1 is 1.25 bits per heavy atom. The van der Waals surface area contributed by atoms with E-state index in [1.54, 1.807) is 31.3 Å². The van der Waals surface area contributed by atoms with Gasteiger partial charge in [0.15, 0.2) is 0 Å². The van der Waals surface area contributed by atoms with E-state index in [4.69, 9.17) is 23.2 Å². The van der Waals surface area contributed by atoms with Crippen LogP contribution in [0.5, 0.6) is 0 Å². The van der Waals surface area contributed by atoms with Crippen LogP contribution in [-0.2, 0) is 11.8 Å². The topological polar surface area (TPSA) is 55.0 Å². The van der Waals surface area contributed by atoms with Crippen molar-refractivity contribution in [3.05, 3.63) is 45.7 Å². The van der Waals surface area contributed by atoms with E-state index in [0.717, 1.165) is 0 Å². The lowest BCUT2D eigenvalue weighted by atomic mass is 10.0. The zero-order valence-electron chi connectivity index (χ0n) is 10.8. The van der Waals surface area contributed by atoms with Gasteiger partial charge in [-0.15, -0.1) is 0 Å². The highest BCUT2D eigenvalue weighted by atomic mass is 35.5. The van der Waals surface area contributed by atoms with E-state index in [1.807, 2.05) is 6.07 Å². The number of methoxy groups -OCH3 is 1. The smallest absolute Gasteiger partial charge is 0.337 e. The van der Waals surface area contributed by atoms with Crippen LogP contribution in [0.4, 0.5) is 0 Å². The lowest BCUT2D eigenvalue weighted by Gasteiger charge is -2.03. The van der Waals surface area contributed by atoms with Crippen LogP contribution < -0.4 is 0 Å². The summed E-state index contributed by atoms with van der Waals surface area (Å²) in [7, 11) is 3.00. The summed E-state index contributed by atoms with van der Waals surface area (Å²) in [5, 5.41) is 9.85. The number of nitriles is 1. The van der Waals surface area contributed by atoms with E-state index < -0.39 is 5.97 Å². The maximum Gasteiger partial charge on any atom is 0.337 e. The van der Waals surface area contributed by atoms with Crippen LogP contribution in [-0.4, -0.2) is 17.6 Å². The van der Waals surface area contributed by atoms with Crippen LogP contribution >= 0.6 is 23.2 Å². The third kappa shape index (κ3) is 2.26. The highest BCUT2D eigenvalue weighted by Gasteiger charge is 2.20. The lowest BCUT2D eigenvalue weighted by molar-refractivity contribution is 0.0601. The average Bonchev–Trinajstić information content (AvgIpc) is 2.70. The fraction of sp³-hybridized carbons (Fsp3) is 0.143. The molecule has 0 aliphatic rings. The molecule has 0 bridgehead atoms. The van der Waals surface area contributed by atoms with Crippen molar-refractivity contribution in [2.75, 3.05) is 7.11 Å². The molecule has 4 nitrogen and oxygen atoms in total. The number of carbonyl (C=O) groups is 1. The predicted octanol–water partition coefficient (Wildman–Crippen LogP) is 3.66. The normalized spacial score (nSPS) is 10.2. The maximum absolute atomic E-state index is 11.4. The molecule has 2 aromatic rings. The largest absolute Gasteiger partial charge is 0.465 e. The van der Waals surface area contributed by atoms with Gasteiger partial charge in [0.2, 0.25) is 0 Å². The number of rotatable bonds is 2. The van der Waals surface area contributed by atoms with Crippen molar-refractivity contribution in [2.45, 2.75) is 0 Å². The molecule has 1 aromatic heterocycles. The van der Waals surface area contributed by atoms with Gasteiger partial charge in [0, 0.05) is 12.6 Å². The molecule has 1 heterocycles. The highest BCUT2D eigenvalue weighted by molar-refractivity contribution is 6.37. The fourth-order valence-electron chi connectivity index (χ4n) is 1.88. The van der Waals surface area contributed by atoms with E-state index in [2.05, 4.69) is 4.74 Å². The first-order chi connectivity index (χ1) is 9.51. The van der Waals surface area contributed by atoms with Gasteiger partial charge < -0.3 is 9.30 Å². The van der Waals surface area contributed by atoms with Gasteiger partial charge in [-0.3, -0.25) is 0 Å². The third-order valence-electron chi connectivity index (χ3n) is 2.96. The van der Waals surface area contributed by atoms with Crippen LogP contribution in [0.15, 0.2) is 24.3 Å². The number of hydrogen-bond donors (Lipinski definition) is 0. The minimum absolute atomic E-state index is 0.282. The van der Waals surface area contributed by atoms with Crippen molar-refractivity contribution in [3.63, 3.8) is 0 Å². The molecule has 6 heteroatoms. The van der Waals surface area contributed by atoms with Gasteiger partial charge in [-0.25, -0.2) is 4.79 Å². The SMILES string of the molecule is COC(=O)c1ccc(-c2c(C#N)c(Cl)n(C)c2Cl)cc1. The molecule has 0 amide bonds. The van der Waals surface area contributed by atoms with Crippen LogP contribution in [0.1, 0.15) is 15.9 Å². The molecular weight excluding hydrogens is 299 g/mol. The molecule has 0 fully saturated rings. The Hall–Kier alpha value is -1.96. The molecule has 0 N–H and O–H groups in total. The van der Waals surface area contributed by atoms with Gasteiger partial charge in [-0.1, -0.05) is 35.3 Å². The maximum atomic E-state index is 11.4. The first-order valence-corrected chi connectivity index (χ1v) is 6.39. The summed E-state index contributed by atoms with van der Waals surface area (Å²) < 4.78 is 6.16. The molecule has 0 unspecified atom stereocenters. The van der Waals surface area contributed by atoms with E-state index in [0.29, 0.717) is 27.4 Å². The molecule has 0 atom stereocenters. The number of esters is 1. The highest BCUT2D eigenvalue weighted by Crippen LogP contribution is 2.37. The second kappa shape index (κ2) is 5.58. The molecule has 1 aromatic carbocycles. The molecular formula is C14H10Cl2N2O2. The Morgan fingerprint density at radius 2 is 1.85 bits per heavy atom. The molecule has 20 heavy (non-hydrogen) atoms. The summed E-state index contributed by atoms with van der Waals surface area (Å²) in [5.41, 5.74) is 2.00. The molecule has 0 aliphatic carbocycles. The summed E-state index contributed by atoms with van der Waals surface area (Å²) in [6, 6.07) is 8.66. The molecule has 0 aliphatic heterocycles. The van der Waals surface area contributed by atoms with Gasteiger partial charge >= 0.3 is 5.97 Å². The number of halogens is 2. The number of hydrogen-bond acceptors (Lipinski definition) is 3. The zero-order valence-corrected chi connectivity index (χ0v) is 12.3. The van der Waals surface area contributed by atoms with Gasteiger partial charge in [0.25, 0.3) is 0 Å². The summed E-state index contributed by atoms with van der Waals surface area (Å²) in [6.07, 6.45) is 0. The number of benzene rings is 1. The molecule has 0 saturated carbocycles. The van der Waals surface area contributed by atoms with Crippen LogP contribution in [0.3, 0.4) is 0 Å². The van der Waals surface area contributed by atoms with E-state index in [1.165, 1.54) is 11.7 Å². The monoisotopic (exact) mass is 308 g/mol. The van der Waals surface area contributed by atoms with Crippen molar-refractivity contribution >= 4 is 29.2 Å². The van der Waals surface area contributed by atoms with Crippen molar-refractivity contribution in [3.8, 4) is 17.2 Å². The average molecular weight is 309 g/mol. The van der Waals surface area contributed by atoms with Crippen LogP contribution in [0.2, 0.25) is 10.3 Å². The van der Waals surface area contributed by atoms with Gasteiger partial charge in [0.05, 0.1) is 18.2 Å². The van der Waals surface area contributed by atoms with Gasteiger partial charge in [-0.05, 0) is 17.7 Å². The minimum Gasteiger partial charge on any atom is -0.465 e. The molecule has 2 rings (SSSR count). The Balaban J connectivity index is 2.56. The van der Waals surface area contributed by atoms with Crippen molar-refractivity contribution in [1.29, 1.82) is 5.26 Å². The summed E-state index contributed by atoms with van der Waals surface area (Å²) >= 11 is 12.3.